The third-order valence-electron chi connectivity index (χ3n) is 4.21. The number of sulfonamides is 1. The molecule has 0 atom stereocenters. The van der Waals surface area contributed by atoms with E-state index in [9.17, 15) is 13.2 Å². The van der Waals surface area contributed by atoms with Gasteiger partial charge in [0.15, 0.2) is 0 Å². The van der Waals surface area contributed by atoms with Crippen LogP contribution in [0.2, 0.25) is 0 Å². The minimum atomic E-state index is -3.49. The van der Waals surface area contributed by atoms with Crippen LogP contribution in [-0.2, 0) is 14.8 Å². The Hall–Kier alpha value is -1.40. The molecule has 0 aliphatic carbocycles. The topological polar surface area (TPSA) is 66.5 Å². The van der Waals surface area contributed by atoms with Crippen LogP contribution in [0.1, 0.15) is 44.6 Å². The Bertz CT molecular complexity index is 635. The summed E-state index contributed by atoms with van der Waals surface area (Å²) in [4.78, 5) is 14.2. The van der Waals surface area contributed by atoms with E-state index in [2.05, 4.69) is 11.6 Å². The Morgan fingerprint density at radius 2 is 2.00 bits per heavy atom. The number of rotatable bonds is 6. The van der Waals surface area contributed by atoms with E-state index in [0.717, 1.165) is 18.4 Å². The molecule has 5 nitrogen and oxygen atoms in total. The molecule has 128 valence electrons. The fourth-order valence-corrected chi connectivity index (χ4v) is 4.21. The van der Waals surface area contributed by atoms with E-state index in [1.54, 1.807) is 18.2 Å². The molecule has 0 unspecified atom stereocenters. The number of hydrogen-bond acceptors (Lipinski definition) is 3. The quantitative estimate of drug-likeness (QED) is 0.866. The van der Waals surface area contributed by atoms with E-state index >= 15 is 0 Å². The highest BCUT2D eigenvalue weighted by Gasteiger charge is 2.26. The Labute approximate surface area is 139 Å². The first-order valence-electron chi connectivity index (χ1n) is 8.29. The van der Waals surface area contributed by atoms with Gasteiger partial charge in [-0.1, -0.05) is 25.5 Å². The molecular weight excluding hydrogens is 312 g/mol. The van der Waals surface area contributed by atoms with E-state index in [0.29, 0.717) is 37.2 Å². The van der Waals surface area contributed by atoms with Gasteiger partial charge in [-0.25, -0.2) is 13.1 Å². The highest BCUT2D eigenvalue weighted by molar-refractivity contribution is 7.89. The lowest BCUT2D eigenvalue weighted by Crippen LogP contribution is -2.46. The van der Waals surface area contributed by atoms with E-state index in [4.69, 9.17) is 0 Å². The summed E-state index contributed by atoms with van der Waals surface area (Å²) < 4.78 is 27.6. The van der Waals surface area contributed by atoms with Crippen molar-refractivity contribution in [3.8, 4) is 0 Å². The molecule has 1 saturated heterocycles. The van der Waals surface area contributed by atoms with Crippen molar-refractivity contribution in [2.75, 3.05) is 13.1 Å². The molecule has 1 aliphatic rings. The summed E-state index contributed by atoms with van der Waals surface area (Å²) in [7, 11) is -3.49. The average molecular weight is 338 g/mol. The summed E-state index contributed by atoms with van der Waals surface area (Å²) in [6, 6.07) is 6.80. The van der Waals surface area contributed by atoms with Crippen LogP contribution < -0.4 is 4.72 Å². The van der Waals surface area contributed by atoms with Gasteiger partial charge in [-0.05, 0) is 43.9 Å². The number of carbonyl (C=O) groups is 1. The minimum Gasteiger partial charge on any atom is -0.343 e. The maximum atomic E-state index is 12.4. The number of unbranched alkanes of at least 4 members (excludes halogenated alkanes) is 1. The number of nitrogens with zero attached hydrogens (tertiary/aromatic N) is 1. The number of hydrogen-bond donors (Lipinski definition) is 1. The normalized spacial score (nSPS) is 16.5. The zero-order chi connectivity index (χ0) is 16.9. The molecule has 6 heteroatoms. The van der Waals surface area contributed by atoms with Crippen molar-refractivity contribution in [2.24, 2.45) is 0 Å². The Balaban J connectivity index is 1.90. The Kier molecular flexibility index (Phi) is 6.18. The smallest absolute Gasteiger partial charge is 0.240 e. The standard InChI is InChI=1S/C17H26N2O3S/c1-3-4-8-17(20)19-11-9-15(10-12-19)18-23(21,22)16-7-5-6-14(2)13-16/h5-7,13,15,18H,3-4,8-12H2,1-2H3. The van der Waals surface area contributed by atoms with E-state index < -0.39 is 10.0 Å². The molecule has 0 radical (unpaired) electrons. The van der Waals surface area contributed by atoms with Crippen LogP contribution in [-0.4, -0.2) is 38.4 Å². The molecule has 0 spiro atoms. The molecule has 0 saturated carbocycles. The van der Waals surface area contributed by atoms with Crippen LogP contribution in [0.15, 0.2) is 29.2 Å². The molecule has 1 aromatic rings. The highest BCUT2D eigenvalue weighted by Crippen LogP contribution is 2.17. The van der Waals surface area contributed by atoms with Gasteiger partial charge in [-0.15, -0.1) is 0 Å². The summed E-state index contributed by atoms with van der Waals surface area (Å²) in [5, 5.41) is 0. The number of likely N-dealkylation sites (tertiary alicyclic amines) is 1. The zero-order valence-corrected chi connectivity index (χ0v) is 14.7. The van der Waals surface area contributed by atoms with Gasteiger partial charge in [0.1, 0.15) is 0 Å². The largest absolute Gasteiger partial charge is 0.343 e. The maximum absolute atomic E-state index is 12.4. The molecule has 0 aromatic heterocycles. The van der Waals surface area contributed by atoms with Crippen LogP contribution >= 0.6 is 0 Å². The number of piperidine rings is 1. The van der Waals surface area contributed by atoms with Crippen LogP contribution in [0.3, 0.4) is 0 Å². The number of benzene rings is 1. The molecular formula is C17H26N2O3S. The van der Waals surface area contributed by atoms with Gasteiger partial charge >= 0.3 is 0 Å². The van der Waals surface area contributed by atoms with Crippen molar-refractivity contribution >= 4 is 15.9 Å². The van der Waals surface area contributed by atoms with Crippen molar-refractivity contribution in [2.45, 2.75) is 56.9 Å². The van der Waals surface area contributed by atoms with Crippen molar-refractivity contribution in [3.05, 3.63) is 29.8 Å². The van der Waals surface area contributed by atoms with Crippen LogP contribution in [0.5, 0.6) is 0 Å². The maximum Gasteiger partial charge on any atom is 0.240 e. The first kappa shape index (κ1) is 17.9. The van der Waals surface area contributed by atoms with Crippen molar-refractivity contribution in [1.82, 2.24) is 9.62 Å². The summed E-state index contributed by atoms with van der Waals surface area (Å²) in [5.74, 6) is 0.187. The molecule has 1 amide bonds. The second-order valence-electron chi connectivity index (χ2n) is 6.20. The van der Waals surface area contributed by atoms with Gasteiger partial charge in [-0.3, -0.25) is 4.79 Å². The third-order valence-corrected chi connectivity index (χ3v) is 5.73. The molecule has 23 heavy (non-hydrogen) atoms. The molecule has 1 heterocycles. The third kappa shape index (κ3) is 5.04. The molecule has 2 rings (SSSR count). The molecule has 1 N–H and O–H groups in total. The predicted molar refractivity (Wildman–Crippen MR) is 90.6 cm³/mol. The van der Waals surface area contributed by atoms with E-state index in [-0.39, 0.29) is 11.9 Å². The summed E-state index contributed by atoms with van der Waals surface area (Å²) in [5.41, 5.74) is 0.921. The second kappa shape index (κ2) is 7.93. The highest BCUT2D eigenvalue weighted by atomic mass is 32.2. The Morgan fingerprint density at radius 1 is 1.30 bits per heavy atom. The number of amides is 1. The average Bonchev–Trinajstić information content (AvgIpc) is 2.53. The van der Waals surface area contributed by atoms with E-state index in [1.165, 1.54) is 0 Å². The number of aryl methyl sites for hydroxylation is 1. The van der Waals surface area contributed by atoms with Gasteiger partial charge < -0.3 is 4.90 Å². The van der Waals surface area contributed by atoms with Crippen LogP contribution in [0.25, 0.3) is 0 Å². The lowest BCUT2D eigenvalue weighted by Gasteiger charge is -2.32. The summed E-state index contributed by atoms with van der Waals surface area (Å²) in [6.45, 7) is 5.20. The Morgan fingerprint density at radius 3 is 2.61 bits per heavy atom. The number of carbonyl (C=O) groups excluding carboxylic acids is 1. The first-order valence-corrected chi connectivity index (χ1v) is 9.77. The van der Waals surface area contributed by atoms with Crippen molar-refractivity contribution in [1.29, 1.82) is 0 Å². The fraction of sp³-hybridized carbons (Fsp3) is 0.588. The van der Waals surface area contributed by atoms with Crippen molar-refractivity contribution < 1.29 is 13.2 Å². The molecule has 1 fully saturated rings. The van der Waals surface area contributed by atoms with Gasteiger partial charge in [0.2, 0.25) is 15.9 Å². The first-order chi connectivity index (χ1) is 10.9. The monoisotopic (exact) mass is 338 g/mol. The van der Waals surface area contributed by atoms with Crippen LogP contribution in [0.4, 0.5) is 0 Å². The summed E-state index contributed by atoms with van der Waals surface area (Å²) >= 11 is 0. The minimum absolute atomic E-state index is 0.101. The second-order valence-corrected chi connectivity index (χ2v) is 7.91. The fourth-order valence-electron chi connectivity index (χ4n) is 2.80. The zero-order valence-electron chi connectivity index (χ0n) is 13.9. The summed E-state index contributed by atoms with van der Waals surface area (Å²) in [6.07, 6.45) is 3.86. The number of nitrogens with one attached hydrogen (secondary N) is 1. The SMILES string of the molecule is CCCCC(=O)N1CCC(NS(=O)(=O)c2cccc(C)c2)CC1. The van der Waals surface area contributed by atoms with E-state index in [1.807, 2.05) is 17.9 Å². The lowest BCUT2D eigenvalue weighted by atomic mass is 10.1. The van der Waals surface area contributed by atoms with Crippen LogP contribution in [0, 0.1) is 6.92 Å². The van der Waals surface area contributed by atoms with Gasteiger partial charge in [0, 0.05) is 25.6 Å². The van der Waals surface area contributed by atoms with Crippen molar-refractivity contribution in [3.63, 3.8) is 0 Å². The van der Waals surface area contributed by atoms with Gasteiger partial charge in [0.05, 0.1) is 4.90 Å². The molecule has 1 aromatic carbocycles. The molecule has 0 bridgehead atoms. The van der Waals surface area contributed by atoms with Gasteiger partial charge in [0.25, 0.3) is 0 Å². The van der Waals surface area contributed by atoms with Gasteiger partial charge in [-0.2, -0.15) is 0 Å². The molecule has 1 aliphatic heterocycles. The predicted octanol–water partition coefficient (Wildman–Crippen LogP) is 2.45. The lowest BCUT2D eigenvalue weighted by molar-refractivity contribution is -0.132.